The van der Waals surface area contributed by atoms with E-state index in [0.29, 0.717) is 21.7 Å². The molecular formula is C15H14N2O4S. The Morgan fingerprint density at radius 3 is 2.32 bits per heavy atom. The maximum Gasteiger partial charge on any atom is 0.269 e. The van der Waals surface area contributed by atoms with Crippen molar-refractivity contribution in [1.82, 2.24) is 0 Å². The number of carbonyl (C=O) groups excluding carboxylic acids is 1. The van der Waals surface area contributed by atoms with E-state index in [1.807, 2.05) is 0 Å². The largest absolute Gasteiger partial charge is 0.322 e. The summed E-state index contributed by atoms with van der Waals surface area (Å²) in [5.74, 6) is -0.349. The topological polar surface area (TPSA) is 89.3 Å². The van der Waals surface area contributed by atoms with Crippen LogP contribution >= 0.6 is 0 Å². The molecule has 7 heteroatoms. The minimum atomic E-state index is -1.07. The zero-order chi connectivity index (χ0) is 16.3. The maximum atomic E-state index is 12.2. The molecule has 0 spiro atoms. The van der Waals surface area contributed by atoms with E-state index in [4.69, 9.17) is 0 Å². The summed E-state index contributed by atoms with van der Waals surface area (Å²) in [6.07, 6.45) is 1.58. The van der Waals surface area contributed by atoms with Gasteiger partial charge in [0.2, 0.25) is 0 Å². The number of amides is 1. The van der Waals surface area contributed by atoms with E-state index in [9.17, 15) is 19.1 Å². The molecule has 2 aromatic rings. The van der Waals surface area contributed by atoms with Gasteiger partial charge in [-0.2, -0.15) is 0 Å². The number of rotatable bonds is 4. The summed E-state index contributed by atoms with van der Waals surface area (Å²) in [4.78, 5) is 23.1. The first-order chi connectivity index (χ1) is 10.4. The molecule has 2 rings (SSSR count). The fourth-order valence-electron chi connectivity index (χ4n) is 1.94. The number of carbonyl (C=O) groups is 1. The molecule has 0 saturated carbocycles. The fraction of sp³-hybridized carbons (Fsp3) is 0.133. The van der Waals surface area contributed by atoms with Crippen LogP contribution in [0.3, 0.4) is 0 Å². The van der Waals surface area contributed by atoms with Crippen LogP contribution < -0.4 is 5.32 Å². The van der Waals surface area contributed by atoms with Gasteiger partial charge >= 0.3 is 0 Å². The summed E-state index contributed by atoms with van der Waals surface area (Å²) in [6.45, 7) is 1.64. The third-order valence-electron chi connectivity index (χ3n) is 3.11. The number of anilines is 1. The summed E-state index contributed by atoms with van der Waals surface area (Å²) < 4.78 is 11.3. The molecule has 0 unspecified atom stereocenters. The van der Waals surface area contributed by atoms with Crippen molar-refractivity contribution < 1.29 is 13.9 Å². The quantitative estimate of drug-likeness (QED) is 0.693. The minimum Gasteiger partial charge on any atom is -0.322 e. The molecule has 0 bridgehead atoms. The van der Waals surface area contributed by atoms with Gasteiger partial charge in [0, 0.05) is 45.3 Å². The van der Waals surface area contributed by atoms with Crippen LogP contribution in [-0.2, 0) is 10.8 Å². The van der Waals surface area contributed by atoms with Gasteiger partial charge in [0.1, 0.15) is 0 Å². The molecule has 1 N–H and O–H groups in total. The molecule has 0 aliphatic heterocycles. The molecule has 1 atom stereocenters. The van der Waals surface area contributed by atoms with Crippen molar-refractivity contribution in [1.29, 1.82) is 0 Å². The minimum absolute atomic E-state index is 0.0520. The molecule has 0 aromatic heterocycles. The first-order valence-electron chi connectivity index (χ1n) is 6.38. The van der Waals surface area contributed by atoms with Crippen LogP contribution in [0.5, 0.6) is 0 Å². The van der Waals surface area contributed by atoms with Gasteiger partial charge in [0.25, 0.3) is 11.6 Å². The van der Waals surface area contributed by atoms with Gasteiger partial charge in [-0.3, -0.25) is 19.1 Å². The average molecular weight is 318 g/mol. The van der Waals surface area contributed by atoms with Crippen molar-refractivity contribution in [2.45, 2.75) is 11.8 Å². The Balaban J connectivity index is 2.18. The molecule has 2 aromatic carbocycles. The van der Waals surface area contributed by atoms with Gasteiger partial charge in [-0.25, -0.2) is 0 Å². The first kappa shape index (κ1) is 15.8. The number of hydrogen-bond acceptors (Lipinski definition) is 4. The highest BCUT2D eigenvalue weighted by Crippen LogP contribution is 2.19. The van der Waals surface area contributed by atoms with Gasteiger partial charge in [-0.15, -0.1) is 0 Å². The number of benzene rings is 2. The van der Waals surface area contributed by atoms with E-state index in [-0.39, 0.29) is 11.6 Å². The number of nitro groups is 1. The van der Waals surface area contributed by atoms with E-state index in [2.05, 4.69) is 5.32 Å². The Morgan fingerprint density at radius 1 is 1.18 bits per heavy atom. The third-order valence-corrected chi connectivity index (χ3v) is 4.05. The Labute approximate surface area is 129 Å². The molecule has 0 aliphatic carbocycles. The first-order valence-corrected chi connectivity index (χ1v) is 7.94. The standard InChI is InChI=1S/C15H14N2O4S/c1-10-9-12(17(19)20)5-8-14(10)15(18)16-11-3-6-13(7-4-11)22(2)21/h3-9H,1-2H3,(H,16,18)/t22-/m1/s1. The van der Waals surface area contributed by atoms with E-state index in [1.54, 1.807) is 37.4 Å². The van der Waals surface area contributed by atoms with Crippen LogP contribution in [0.25, 0.3) is 0 Å². The van der Waals surface area contributed by atoms with Gasteiger partial charge < -0.3 is 5.32 Å². The Bertz CT molecular complexity index is 757. The third kappa shape index (κ3) is 3.56. The number of non-ortho nitro benzene ring substituents is 1. The Morgan fingerprint density at radius 2 is 1.82 bits per heavy atom. The van der Waals surface area contributed by atoms with Crippen LogP contribution in [0.4, 0.5) is 11.4 Å². The van der Waals surface area contributed by atoms with Crippen LogP contribution in [0.15, 0.2) is 47.4 Å². The van der Waals surface area contributed by atoms with E-state index in [1.165, 1.54) is 18.2 Å². The molecule has 114 valence electrons. The maximum absolute atomic E-state index is 12.2. The lowest BCUT2D eigenvalue weighted by Gasteiger charge is -2.08. The summed E-state index contributed by atoms with van der Waals surface area (Å²) in [7, 11) is -1.07. The number of hydrogen-bond donors (Lipinski definition) is 1. The van der Waals surface area contributed by atoms with Crippen molar-refractivity contribution in [3.05, 3.63) is 63.7 Å². The van der Waals surface area contributed by atoms with Gasteiger partial charge in [0.05, 0.1) is 4.92 Å². The molecule has 0 radical (unpaired) electrons. The molecule has 0 heterocycles. The highest BCUT2D eigenvalue weighted by atomic mass is 32.2. The highest BCUT2D eigenvalue weighted by Gasteiger charge is 2.13. The second-order valence-electron chi connectivity index (χ2n) is 4.69. The van der Waals surface area contributed by atoms with E-state index >= 15 is 0 Å². The second kappa shape index (κ2) is 6.48. The normalized spacial score (nSPS) is 11.7. The van der Waals surface area contributed by atoms with E-state index < -0.39 is 15.7 Å². The van der Waals surface area contributed by atoms with Gasteiger partial charge in [-0.1, -0.05) is 0 Å². The molecule has 0 fully saturated rings. The van der Waals surface area contributed by atoms with Gasteiger partial charge in [-0.05, 0) is 42.8 Å². The monoisotopic (exact) mass is 318 g/mol. The number of nitrogens with zero attached hydrogens (tertiary/aromatic N) is 1. The second-order valence-corrected chi connectivity index (χ2v) is 6.07. The van der Waals surface area contributed by atoms with E-state index in [0.717, 1.165) is 0 Å². The summed E-state index contributed by atoms with van der Waals surface area (Å²) in [6, 6.07) is 10.8. The number of nitro benzene ring substituents is 1. The molecule has 0 aliphatic rings. The van der Waals surface area contributed by atoms with Crippen molar-refractivity contribution in [2.24, 2.45) is 0 Å². The SMILES string of the molecule is Cc1cc([N+](=O)[O-])ccc1C(=O)Nc1ccc([S@@](C)=O)cc1. The number of aryl methyl sites for hydroxylation is 1. The molecule has 1 amide bonds. The Kier molecular flexibility index (Phi) is 4.67. The summed E-state index contributed by atoms with van der Waals surface area (Å²) >= 11 is 0. The Hall–Kier alpha value is -2.54. The number of nitrogens with one attached hydrogen (secondary N) is 1. The highest BCUT2D eigenvalue weighted by molar-refractivity contribution is 7.84. The predicted molar refractivity (Wildman–Crippen MR) is 84.6 cm³/mol. The van der Waals surface area contributed by atoms with Crippen LogP contribution in [0, 0.1) is 17.0 Å². The fourth-order valence-corrected chi connectivity index (χ4v) is 2.46. The molecule has 22 heavy (non-hydrogen) atoms. The van der Waals surface area contributed by atoms with Crippen LogP contribution in [0.2, 0.25) is 0 Å². The van der Waals surface area contributed by atoms with Crippen molar-refractivity contribution in [3.8, 4) is 0 Å². The van der Waals surface area contributed by atoms with Crippen LogP contribution in [0.1, 0.15) is 15.9 Å². The summed E-state index contributed by atoms with van der Waals surface area (Å²) in [5.41, 5.74) is 1.41. The molecule has 0 saturated heterocycles. The molecular weight excluding hydrogens is 304 g/mol. The van der Waals surface area contributed by atoms with Gasteiger partial charge in [0.15, 0.2) is 0 Å². The zero-order valence-electron chi connectivity index (χ0n) is 12.0. The van der Waals surface area contributed by atoms with Crippen molar-refractivity contribution in [2.75, 3.05) is 11.6 Å². The van der Waals surface area contributed by atoms with Crippen LogP contribution in [-0.4, -0.2) is 21.3 Å². The smallest absolute Gasteiger partial charge is 0.269 e. The predicted octanol–water partition coefficient (Wildman–Crippen LogP) is 2.89. The van der Waals surface area contributed by atoms with Crippen molar-refractivity contribution in [3.63, 3.8) is 0 Å². The zero-order valence-corrected chi connectivity index (χ0v) is 12.8. The molecule has 6 nitrogen and oxygen atoms in total. The summed E-state index contributed by atoms with van der Waals surface area (Å²) in [5, 5.41) is 13.4. The lowest BCUT2D eigenvalue weighted by atomic mass is 10.1. The lowest BCUT2D eigenvalue weighted by molar-refractivity contribution is -0.384. The average Bonchev–Trinajstić information content (AvgIpc) is 2.47. The van der Waals surface area contributed by atoms with Crippen molar-refractivity contribution >= 4 is 28.1 Å². The lowest BCUT2D eigenvalue weighted by Crippen LogP contribution is -2.13.